The zero-order valence-corrected chi connectivity index (χ0v) is 24.0. The van der Waals surface area contributed by atoms with Crippen LogP contribution in [-0.4, -0.2) is 66.0 Å². The molecule has 222 valence electrons. The molecule has 0 spiro atoms. The largest absolute Gasteiger partial charge is 0.507 e. The summed E-state index contributed by atoms with van der Waals surface area (Å²) in [6.45, 7) is 2.67. The van der Waals surface area contributed by atoms with Crippen molar-refractivity contribution in [3.63, 3.8) is 0 Å². The molecule has 2 fully saturated rings. The smallest absolute Gasteiger partial charge is 0.251 e. The first-order valence-electron chi connectivity index (χ1n) is 14.1. The van der Waals surface area contributed by atoms with Crippen LogP contribution >= 0.6 is 12.4 Å². The third kappa shape index (κ3) is 7.06. The molecular weight excluding hydrogens is 561 g/mol. The molecule has 2 aliphatic heterocycles. The lowest BCUT2D eigenvalue weighted by Gasteiger charge is -2.29. The minimum Gasteiger partial charge on any atom is -0.507 e. The number of phenolic OH excluding ortho intramolecular Hbond substituents is 1. The molecule has 0 aliphatic carbocycles. The predicted molar refractivity (Wildman–Crippen MR) is 160 cm³/mol. The van der Waals surface area contributed by atoms with Crippen LogP contribution in [0.3, 0.4) is 0 Å². The van der Waals surface area contributed by atoms with Gasteiger partial charge in [0, 0.05) is 48.7 Å². The standard InChI is InChI=1S/C31H34FN5O4.ClH/c32-28-25(37-17-2-1-3-18-37)10-11-26(38)27(28)29(39)20-6-8-21(9-7-20)30(40)35-23-5-4-14-34-19-24(23)36-31(41)22-12-15-33-16-13-22;/h6-13,15-16,23-24,34,38H,1-5,14,17-19H2,(H,35,40)(H,36,41);1H/t23-,24-;/m1./s1. The molecule has 1 aromatic heterocycles. The Balaban J connectivity index is 0.00000405. The lowest BCUT2D eigenvalue weighted by molar-refractivity contribution is 0.0882. The highest BCUT2D eigenvalue weighted by Crippen LogP contribution is 2.32. The van der Waals surface area contributed by atoms with Crippen LogP contribution in [0.15, 0.2) is 60.9 Å². The normalized spacial score (nSPS) is 18.7. The molecule has 4 N–H and O–H groups in total. The average Bonchev–Trinajstić information content (AvgIpc) is 3.22. The molecule has 0 radical (unpaired) electrons. The molecule has 2 atom stereocenters. The van der Waals surface area contributed by atoms with E-state index >= 15 is 4.39 Å². The maximum absolute atomic E-state index is 15.5. The lowest BCUT2D eigenvalue weighted by atomic mass is 9.98. The quantitative estimate of drug-likeness (QED) is 0.306. The Hall–Kier alpha value is -4.02. The molecule has 2 saturated heterocycles. The van der Waals surface area contributed by atoms with Crippen LogP contribution in [-0.2, 0) is 0 Å². The summed E-state index contributed by atoms with van der Waals surface area (Å²) in [5.41, 5.74) is 0.908. The van der Waals surface area contributed by atoms with E-state index in [0.29, 0.717) is 42.9 Å². The van der Waals surface area contributed by atoms with Gasteiger partial charge in [0.2, 0.25) is 0 Å². The first-order valence-corrected chi connectivity index (χ1v) is 14.1. The maximum Gasteiger partial charge on any atom is 0.251 e. The number of hydrogen-bond donors (Lipinski definition) is 4. The highest BCUT2D eigenvalue weighted by atomic mass is 35.5. The summed E-state index contributed by atoms with van der Waals surface area (Å²) >= 11 is 0. The number of benzene rings is 2. The van der Waals surface area contributed by atoms with E-state index in [1.165, 1.54) is 36.4 Å². The SMILES string of the molecule is Cl.O=C(N[C@@H]1CCCNC[C@H]1NC(=O)c1ccncc1)c1ccc(C(=O)c2c(O)ccc(N3CCCCC3)c2F)cc1. The number of aromatic nitrogens is 1. The van der Waals surface area contributed by atoms with Crippen LogP contribution in [0.2, 0.25) is 0 Å². The van der Waals surface area contributed by atoms with Crippen molar-refractivity contribution in [2.75, 3.05) is 31.1 Å². The number of carbonyl (C=O) groups is 3. The van der Waals surface area contributed by atoms with Crippen molar-refractivity contribution in [3.8, 4) is 5.75 Å². The molecule has 0 saturated carbocycles. The Kier molecular flexibility index (Phi) is 10.5. The van der Waals surface area contributed by atoms with Gasteiger partial charge in [0.05, 0.1) is 17.8 Å². The van der Waals surface area contributed by atoms with Crippen molar-refractivity contribution in [1.29, 1.82) is 0 Å². The minimum absolute atomic E-state index is 0. The van der Waals surface area contributed by atoms with Gasteiger partial charge in [-0.25, -0.2) is 4.39 Å². The first-order chi connectivity index (χ1) is 19.9. The number of halogens is 2. The maximum atomic E-state index is 15.5. The Bertz CT molecular complexity index is 1400. The molecule has 2 aromatic carbocycles. The van der Waals surface area contributed by atoms with Crippen molar-refractivity contribution in [2.45, 2.75) is 44.2 Å². The fourth-order valence-electron chi connectivity index (χ4n) is 5.45. The zero-order chi connectivity index (χ0) is 28.8. The van der Waals surface area contributed by atoms with Gasteiger partial charge in [-0.2, -0.15) is 0 Å². The summed E-state index contributed by atoms with van der Waals surface area (Å²) < 4.78 is 15.5. The van der Waals surface area contributed by atoms with E-state index < -0.39 is 17.3 Å². The van der Waals surface area contributed by atoms with Crippen LogP contribution < -0.4 is 20.9 Å². The molecular formula is C31H35ClFN5O4. The third-order valence-corrected chi connectivity index (χ3v) is 7.73. The Morgan fingerprint density at radius 2 is 1.45 bits per heavy atom. The highest BCUT2D eigenvalue weighted by molar-refractivity contribution is 6.11. The number of ketones is 1. The number of anilines is 1. The number of aromatic hydroxyl groups is 1. The van der Waals surface area contributed by atoms with Crippen molar-refractivity contribution in [2.24, 2.45) is 0 Å². The molecule has 9 nitrogen and oxygen atoms in total. The van der Waals surface area contributed by atoms with Gasteiger partial charge >= 0.3 is 0 Å². The van der Waals surface area contributed by atoms with Gasteiger partial charge in [0.15, 0.2) is 11.6 Å². The highest BCUT2D eigenvalue weighted by Gasteiger charge is 2.28. The number of nitrogens with zero attached hydrogens (tertiary/aromatic N) is 2. The van der Waals surface area contributed by atoms with Crippen molar-refractivity contribution in [1.82, 2.24) is 20.9 Å². The fraction of sp³-hybridized carbons (Fsp3) is 0.355. The summed E-state index contributed by atoms with van der Waals surface area (Å²) in [7, 11) is 0. The van der Waals surface area contributed by atoms with Gasteiger partial charge in [0.1, 0.15) is 11.3 Å². The van der Waals surface area contributed by atoms with Crippen LogP contribution in [0.4, 0.5) is 10.1 Å². The van der Waals surface area contributed by atoms with E-state index in [0.717, 1.165) is 32.2 Å². The summed E-state index contributed by atoms with van der Waals surface area (Å²) in [5, 5.41) is 19.7. The number of pyridine rings is 1. The topological polar surface area (TPSA) is 124 Å². The predicted octanol–water partition coefficient (Wildman–Crippen LogP) is 3.85. The van der Waals surface area contributed by atoms with E-state index in [1.54, 1.807) is 24.5 Å². The Morgan fingerprint density at radius 3 is 2.14 bits per heavy atom. The molecule has 42 heavy (non-hydrogen) atoms. The number of piperidine rings is 1. The summed E-state index contributed by atoms with van der Waals surface area (Å²) in [6.07, 6.45) is 7.57. The van der Waals surface area contributed by atoms with Gasteiger partial charge in [-0.3, -0.25) is 19.4 Å². The molecule has 2 amide bonds. The van der Waals surface area contributed by atoms with Crippen LogP contribution in [0.5, 0.6) is 5.75 Å². The van der Waals surface area contributed by atoms with E-state index in [1.807, 2.05) is 4.90 Å². The van der Waals surface area contributed by atoms with Crippen LogP contribution in [0.1, 0.15) is 68.7 Å². The molecule has 3 heterocycles. The van der Waals surface area contributed by atoms with Gasteiger partial charge in [-0.1, -0.05) is 12.1 Å². The third-order valence-electron chi connectivity index (χ3n) is 7.73. The van der Waals surface area contributed by atoms with Crippen molar-refractivity contribution in [3.05, 3.63) is 89.0 Å². The molecule has 2 aliphatic rings. The first kappa shape index (κ1) is 30.9. The van der Waals surface area contributed by atoms with E-state index in [-0.39, 0.29) is 47.4 Å². The second kappa shape index (κ2) is 14.2. The van der Waals surface area contributed by atoms with E-state index in [4.69, 9.17) is 0 Å². The average molecular weight is 596 g/mol. The molecule has 0 bridgehead atoms. The summed E-state index contributed by atoms with van der Waals surface area (Å²) in [4.78, 5) is 45.0. The van der Waals surface area contributed by atoms with Gasteiger partial charge in [-0.15, -0.1) is 12.4 Å². The second-order valence-corrected chi connectivity index (χ2v) is 10.5. The van der Waals surface area contributed by atoms with Crippen LogP contribution in [0, 0.1) is 5.82 Å². The van der Waals surface area contributed by atoms with Crippen LogP contribution in [0.25, 0.3) is 0 Å². The van der Waals surface area contributed by atoms with Gasteiger partial charge in [-0.05, 0) is 75.0 Å². The molecule has 0 unspecified atom stereocenters. The summed E-state index contributed by atoms with van der Waals surface area (Å²) in [5.74, 6) is -2.40. The minimum atomic E-state index is -0.736. The molecule has 3 aromatic rings. The number of nitrogens with one attached hydrogen (secondary N) is 3. The van der Waals surface area contributed by atoms with E-state index in [9.17, 15) is 19.5 Å². The number of phenols is 1. The van der Waals surface area contributed by atoms with Crippen molar-refractivity contribution >= 4 is 35.7 Å². The van der Waals surface area contributed by atoms with Gasteiger partial charge < -0.3 is 26.0 Å². The number of amides is 2. The Labute approximate surface area is 250 Å². The number of rotatable bonds is 7. The Morgan fingerprint density at radius 1 is 0.833 bits per heavy atom. The van der Waals surface area contributed by atoms with Crippen molar-refractivity contribution < 1.29 is 23.9 Å². The zero-order valence-electron chi connectivity index (χ0n) is 23.1. The second-order valence-electron chi connectivity index (χ2n) is 10.5. The number of carbonyl (C=O) groups excluding carboxylic acids is 3. The number of hydrogen-bond acceptors (Lipinski definition) is 7. The van der Waals surface area contributed by atoms with E-state index in [2.05, 4.69) is 20.9 Å². The van der Waals surface area contributed by atoms with Gasteiger partial charge in [0.25, 0.3) is 11.8 Å². The molecule has 5 rings (SSSR count). The monoisotopic (exact) mass is 595 g/mol. The molecule has 11 heteroatoms. The summed E-state index contributed by atoms with van der Waals surface area (Å²) in [6, 6.07) is 11.4. The lowest BCUT2D eigenvalue weighted by Crippen LogP contribution is -2.54. The fourth-order valence-corrected chi connectivity index (χ4v) is 5.45.